The summed E-state index contributed by atoms with van der Waals surface area (Å²) in [7, 11) is 0. The van der Waals surface area contributed by atoms with Crippen LogP contribution in [0.15, 0.2) is 88.6 Å². The first-order valence-electron chi connectivity index (χ1n) is 11.7. The Bertz CT molecular complexity index is 1190. The van der Waals surface area contributed by atoms with Gasteiger partial charge in [0.2, 0.25) is 11.7 Å². The lowest BCUT2D eigenvalue weighted by molar-refractivity contribution is -0.129. The van der Waals surface area contributed by atoms with Gasteiger partial charge in [0.15, 0.2) is 10.9 Å². The number of likely N-dealkylation sites (tertiary alicyclic amines) is 1. The molecule has 2 aromatic heterocycles. The van der Waals surface area contributed by atoms with E-state index < -0.39 is 0 Å². The van der Waals surface area contributed by atoms with Crippen LogP contribution in [0.3, 0.4) is 0 Å². The molecule has 0 spiro atoms. The highest BCUT2D eigenvalue weighted by atomic mass is 32.2. The molecule has 0 radical (unpaired) electrons. The smallest absolute Gasteiger partial charge is 0.233 e. The highest BCUT2D eigenvalue weighted by molar-refractivity contribution is 7.99. The minimum absolute atomic E-state index is 0.175. The highest BCUT2D eigenvalue weighted by Crippen LogP contribution is 2.28. The number of nitrogens with zero attached hydrogens (tertiary/aromatic N) is 4. The largest absolute Gasteiger partial charge is 0.461 e. The average molecular weight is 473 g/mol. The molecular weight excluding hydrogens is 444 g/mol. The lowest BCUT2D eigenvalue weighted by atomic mass is 10.0. The molecule has 1 atom stereocenters. The van der Waals surface area contributed by atoms with Gasteiger partial charge >= 0.3 is 0 Å². The van der Waals surface area contributed by atoms with Gasteiger partial charge in [-0.15, -0.1) is 10.2 Å². The molecule has 4 aromatic rings. The number of benzene rings is 2. The number of amides is 1. The van der Waals surface area contributed by atoms with E-state index in [0.29, 0.717) is 29.9 Å². The van der Waals surface area contributed by atoms with Crippen molar-refractivity contribution in [2.45, 2.75) is 43.4 Å². The predicted octanol–water partition coefficient (Wildman–Crippen LogP) is 5.30. The van der Waals surface area contributed by atoms with Crippen LogP contribution in [0.25, 0.3) is 11.6 Å². The second-order valence-corrected chi connectivity index (χ2v) is 9.49. The van der Waals surface area contributed by atoms with Crippen molar-refractivity contribution >= 4 is 17.7 Å². The third kappa shape index (κ3) is 5.25. The van der Waals surface area contributed by atoms with Crippen molar-refractivity contribution in [3.8, 4) is 11.6 Å². The van der Waals surface area contributed by atoms with Gasteiger partial charge in [-0.1, -0.05) is 72.4 Å². The first kappa shape index (κ1) is 22.5. The van der Waals surface area contributed by atoms with Gasteiger partial charge in [0.1, 0.15) is 0 Å². The van der Waals surface area contributed by atoms with Gasteiger partial charge in [-0.2, -0.15) is 0 Å². The summed E-state index contributed by atoms with van der Waals surface area (Å²) in [5.41, 5.74) is 2.47. The first-order valence-corrected chi connectivity index (χ1v) is 12.7. The van der Waals surface area contributed by atoms with Crippen molar-refractivity contribution in [3.05, 3.63) is 90.2 Å². The Labute approximate surface area is 204 Å². The van der Waals surface area contributed by atoms with Crippen LogP contribution in [-0.4, -0.2) is 43.9 Å². The van der Waals surface area contributed by atoms with E-state index in [1.165, 1.54) is 17.3 Å². The number of aromatic nitrogens is 3. The Morgan fingerprint density at radius 3 is 2.47 bits per heavy atom. The SMILES string of the molecule is O=C(CSc1nnc(-c2ccco2)n1Cc1ccccc1)N1CCCC1CCc1ccccc1. The molecule has 1 fully saturated rings. The van der Waals surface area contributed by atoms with Gasteiger partial charge in [-0.3, -0.25) is 9.36 Å². The standard InChI is InChI=1S/C27H28N4O2S/c32-25(30-17-7-13-23(30)16-15-21-9-3-1-4-10-21)20-34-27-29-28-26(24-14-8-18-33-24)31(27)19-22-11-5-2-6-12-22/h1-6,8-12,14,18,23H,7,13,15-17,19-20H2. The fourth-order valence-corrected chi connectivity index (χ4v) is 5.37. The summed E-state index contributed by atoms with van der Waals surface area (Å²) in [6.07, 6.45) is 5.79. The van der Waals surface area contributed by atoms with Crippen molar-refractivity contribution in [1.29, 1.82) is 0 Å². The molecule has 34 heavy (non-hydrogen) atoms. The Morgan fingerprint density at radius 1 is 0.971 bits per heavy atom. The molecule has 1 aliphatic heterocycles. The number of hydrogen-bond donors (Lipinski definition) is 0. The average Bonchev–Trinajstić information content (AvgIpc) is 3.64. The summed E-state index contributed by atoms with van der Waals surface area (Å²) >= 11 is 1.45. The fourth-order valence-electron chi connectivity index (χ4n) is 4.54. The molecule has 1 saturated heterocycles. The second kappa shape index (κ2) is 10.7. The quantitative estimate of drug-likeness (QED) is 0.309. The molecule has 0 N–H and O–H groups in total. The Hall–Kier alpha value is -3.32. The summed E-state index contributed by atoms with van der Waals surface area (Å²) in [6.45, 7) is 1.46. The van der Waals surface area contributed by atoms with Crippen LogP contribution >= 0.6 is 11.8 Å². The van der Waals surface area contributed by atoms with Gasteiger partial charge in [-0.25, -0.2) is 0 Å². The van der Waals surface area contributed by atoms with E-state index in [-0.39, 0.29) is 5.91 Å². The summed E-state index contributed by atoms with van der Waals surface area (Å²) < 4.78 is 7.62. The summed E-state index contributed by atoms with van der Waals surface area (Å²) in [5.74, 6) is 1.87. The Balaban J connectivity index is 1.26. The van der Waals surface area contributed by atoms with Crippen molar-refractivity contribution in [1.82, 2.24) is 19.7 Å². The molecule has 7 heteroatoms. The Kier molecular flexibility index (Phi) is 7.10. The summed E-state index contributed by atoms with van der Waals surface area (Å²) in [5, 5.41) is 9.51. The molecule has 5 rings (SSSR count). The van der Waals surface area contributed by atoms with Gasteiger partial charge < -0.3 is 9.32 Å². The molecule has 0 saturated carbocycles. The van der Waals surface area contributed by atoms with Gasteiger partial charge in [0.05, 0.1) is 18.6 Å². The number of aryl methyl sites for hydroxylation is 1. The lowest BCUT2D eigenvalue weighted by Gasteiger charge is -2.24. The van der Waals surface area contributed by atoms with Crippen molar-refractivity contribution in [3.63, 3.8) is 0 Å². The van der Waals surface area contributed by atoms with E-state index in [1.807, 2.05) is 41.0 Å². The van der Waals surface area contributed by atoms with Gasteiger partial charge in [0, 0.05) is 12.6 Å². The topological polar surface area (TPSA) is 64.2 Å². The normalized spacial score (nSPS) is 15.6. The first-order chi connectivity index (χ1) is 16.8. The third-order valence-corrected chi connectivity index (χ3v) is 7.22. The maximum atomic E-state index is 13.2. The zero-order valence-corrected chi connectivity index (χ0v) is 19.9. The zero-order chi connectivity index (χ0) is 23.2. The lowest BCUT2D eigenvalue weighted by Crippen LogP contribution is -2.37. The molecule has 1 unspecified atom stereocenters. The van der Waals surface area contributed by atoms with Crippen LogP contribution in [0.2, 0.25) is 0 Å². The van der Waals surface area contributed by atoms with Crippen molar-refractivity contribution < 1.29 is 9.21 Å². The summed E-state index contributed by atoms with van der Waals surface area (Å²) in [4.78, 5) is 15.2. The van der Waals surface area contributed by atoms with Crippen molar-refractivity contribution in [2.24, 2.45) is 0 Å². The van der Waals surface area contributed by atoms with Gasteiger partial charge in [-0.05, 0) is 48.9 Å². The number of furan rings is 1. The van der Waals surface area contributed by atoms with E-state index in [4.69, 9.17) is 4.42 Å². The highest BCUT2D eigenvalue weighted by Gasteiger charge is 2.29. The molecule has 1 aliphatic rings. The molecular formula is C27H28N4O2S. The van der Waals surface area contributed by atoms with Crippen molar-refractivity contribution in [2.75, 3.05) is 12.3 Å². The van der Waals surface area contributed by atoms with Crippen LogP contribution in [0.4, 0.5) is 0 Å². The maximum Gasteiger partial charge on any atom is 0.233 e. The van der Waals surface area contributed by atoms with E-state index in [9.17, 15) is 4.79 Å². The fraction of sp³-hybridized carbons (Fsp3) is 0.296. The molecule has 174 valence electrons. The van der Waals surface area contributed by atoms with E-state index in [2.05, 4.69) is 51.5 Å². The number of carbonyl (C=O) groups is 1. The third-order valence-electron chi connectivity index (χ3n) is 6.27. The number of hydrogen-bond acceptors (Lipinski definition) is 5. The molecule has 2 aromatic carbocycles. The number of rotatable bonds is 9. The predicted molar refractivity (Wildman–Crippen MR) is 133 cm³/mol. The van der Waals surface area contributed by atoms with E-state index >= 15 is 0 Å². The number of thioether (sulfide) groups is 1. The van der Waals surface area contributed by atoms with Crippen LogP contribution in [-0.2, 0) is 17.8 Å². The molecule has 0 bridgehead atoms. The summed E-state index contributed by atoms with van der Waals surface area (Å²) in [6, 6.07) is 24.7. The van der Waals surface area contributed by atoms with Gasteiger partial charge in [0.25, 0.3) is 0 Å². The number of carbonyl (C=O) groups excluding carboxylic acids is 1. The molecule has 6 nitrogen and oxygen atoms in total. The van der Waals surface area contributed by atoms with Crippen LogP contribution in [0, 0.1) is 0 Å². The monoisotopic (exact) mass is 472 g/mol. The molecule has 3 heterocycles. The zero-order valence-electron chi connectivity index (χ0n) is 19.0. The van der Waals surface area contributed by atoms with E-state index in [1.54, 1.807) is 6.26 Å². The molecule has 1 amide bonds. The maximum absolute atomic E-state index is 13.2. The Morgan fingerprint density at radius 2 is 1.74 bits per heavy atom. The van der Waals surface area contributed by atoms with Crippen LogP contribution in [0.1, 0.15) is 30.4 Å². The second-order valence-electron chi connectivity index (χ2n) is 8.55. The van der Waals surface area contributed by atoms with Crippen LogP contribution < -0.4 is 0 Å². The van der Waals surface area contributed by atoms with Crippen LogP contribution in [0.5, 0.6) is 0 Å². The minimum Gasteiger partial charge on any atom is -0.461 e. The minimum atomic E-state index is 0.175. The molecule has 0 aliphatic carbocycles. The van der Waals surface area contributed by atoms with E-state index in [0.717, 1.165) is 42.9 Å².